The third-order valence-electron chi connectivity index (χ3n) is 5.76. The molecule has 2 aliphatic rings. The van der Waals surface area contributed by atoms with Crippen molar-refractivity contribution in [2.75, 3.05) is 13.1 Å². The van der Waals surface area contributed by atoms with Gasteiger partial charge < -0.3 is 10.6 Å². The molecule has 1 saturated heterocycles. The lowest BCUT2D eigenvalue weighted by molar-refractivity contribution is -0.139. The van der Waals surface area contributed by atoms with Crippen LogP contribution in [0.25, 0.3) is 10.4 Å². The number of nitrogens with zero attached hydrogens (tertiary/aromatic N) is 1. The van der Waals surface area contributed by atoms with Gasteiger partial charge in [0.2, 0.25) is 11.8 Å². The second-order valence-electron chi connectivity index (χ2n) is 7.60. The van der Waals surface area contributed by atoms with Gasteiger partial charge in [0.15, 0.2) is 0 Å². The number of likely N-dealkylation sites (tertiary alicyclic amines) is 1. The Morgan fingerprint density at radius 3 is 2.54 bits per heavy atom. The van der Waals surface area contributed by atoms with E-state index in [1.165, 1.54) is 10.4 Å². The lowest BCUT2D eigenvalue weighted by Gasteiger charge is -2.40. The number of benzene rings is 1. The van der Waals surface area contributed by atoms with Crippen LogP contribution in [0.4, 0.5) is 0 Å². The number of carbonyl (C=O) groups excluding carboxylic acids is 2. The molecule has 2 aromatic rings. The molecule has 1 aliphatic heterocycles. The molecule has 2 N–H and O–H groups in total. The van der Waals surface area contributed by atoms with E-state index < -0.39 is 5.41 Å². The smallest absolute Gasteiger partial charge is 0.225 e. The van der Waals surface area contributed by atoms with E-state index in [4.69, 9.17) is 5.73 Å². The van der Waals surface area contributed by atoms with Gasteiger partial charge in [0.25, 0.3) is 0 Å². The molecule has 4 nitrogen and oxygen atoms in total. The Hall–Kier alpha value is -2.14. The molecule has 2 amide bonds. The average Bonchev–Trinajstić information content (AvgIpc) is 3.36. The van der Waals surface area contributed by atoms with Gasteiger partial charge in [-0.2, -0.15) is 0 Å². The highest BCUT2D eigenvalue weighted by Gasteiger charge is 2.43. The number of primary amides is 1. The molecule has 0 radical (unpaired) electrons. The quantitative estimate of drug-likeness (QED) is 0.878. The summed E-state index contributed by atoms with van der Waals surface area (Å²) in [5.74, 6) is 0.263. The van der Waals surface area contributed by atoms with Gasteiger partial charge in [0.05, 0.1) is 5.41 Å². The highest BCUT2D eigenvalue weighted by atomic mass is 32.1. The molecule has 0 spiro atoms. The largest absolute Gasteiger partial charge is 0.369 e. The summed E-state index contributed by atoms with van der Waals surface area (Å²) < 4.78 is 0. The molecule has 5 heteroatoms. The molecular weight excluding hydrogens is 344 g/mol. The summed E-state index contributed by atoms with van der Waals surface area (Å²) in [5.41, 5.74) is 7.60. The minimum absolute atomic E-state index is 0.235. The molecule has 1 saturated carbocycles. The fourth-order valence-electron chi connectivity index (χ4n) is 3.92. The lowest BCUT2D eigenvalue weighted by Crippen LogP contribution is -2.50. The highest BCUT2D eigenvalue weighted by molar-refractivity contribution is 7.13. The summed E-state index contributed by atoms with van der Waals surface area (Å²) in [6.45, 7) is 1.28. The fourth-order valence-corrected chi connectivity index (χ4v) is 4.65. The summed E-state index contributed by atoms with van der Waals surface area (Å²) in [4.78, 5) is 27.8. The van der Waals surface area contributed by atoms with Gasteiger partial charge in [0, 0.05) is 23.9 Å². The van der Waals surface area contributed by atoms with E-state index in [0.717, 1.165) is 18.4 Å². The van der Waals surface area contributed by atoms with E-state index in [-0.39, 0.29) is 17.7 Å². The molecule has 0 atom stereocenters. The number of rotatable bonds is 5. The minimum atomic E-state index is -0.547. The first-order valence-corrected chi connectivity index (χ1v) is 10.2. The Balaban J connectivity index is 1.50. The van der Waals surface area contributed by atoms with Crippen molar-refractivity contribution < 1.29 is 9.59 Å². The monoisotopic (exact) mass is 368 g/mol. The van der Waals surface area contributed by atoms with E-state index in [0.29, 0.717) is 32.4 Å². The highest BCUT2D eigenvalue weighted by Crippen LogP contribution is 2.38. The van der Waals surface area contributed by atoms with Crippen LogP contribution in [0.5, 0.6) is 0 Å². The van der Waals surface area contributed by atoms with Crippen LogP contribution in [0.15, 0.2) is 41.8 Å². The summed E-state index contributed by atoms with van der Waals surface area (Å²) >= 11 is 1.71. The van der Waals surface area contributed by atoms with Gasteiger partial charge in [-0.05, 0) is 54.7 Å². The van der Waals surface area contributed by atoms with E-state index in [2.05, 4.69) is 29.6 Å². The Kier molecular flexibility index (Phi) is 4.57. The average molecular weight is 369 g/mol. The van der Waals surface area contributed by atoms with Crippen LogP contribution in [-0.2, 0) is 16.0 Å². The number of nitrogens with two attached hydrogens (primary N) is 1. The Morgan fingerprint density at radius 1 is 1.15 bits per heavy atom. The zero-order chi connectivity index (χ0) is 18.1. The molecule has 1 aliphatic carbocycles. The van der Waals surface area contributed by atoms with Gasteiger partial charge in [-0.1, -0.05) is 30.3 Å². The number of piperidine rings is 1. The summed E-state index contributed by atoms with van der Waals surface area (Å²) in [6, 6.07) is 12.5. The van der Waals surface area contributed by atoms with Crippen molar-refractivity contribution in [2.24, 2.45) is 17.1 Å². The van der Waals surface area contributed by atoms with Crippen LogP contribution in [-0.4, -0.2) is 29.8 Å². The third kappa shape index (κ3) is 3.40. The molecule has 2 heterocycles. The second-order valence-corrected chi connectivity index (χ2v) is 8.55. The molecule has 26 heavy (non-hydrogen) atoms. The Morgan fingerprint density at radius 2 is 1.92 bits per heavy atom. The molecule has 2 fully saturated rings. The number of amides is 2. The lowest BCUT2D eigenvalue weighted by atomic mass is 9.73. The van der Waals surface area contributed by atoms with Gasteiger partial charge in [0.1, 0.15) is 0 Å². The first-order chi connectivity index (χ1) is 12.6. The van der Waals surface area contributed by atoms with Crippen LogP contribution < -0.4 is 5.73 Å². The van der Waals surface area contributed by atoms with Crippen molar-refractivity contribution in [3.05, 3.63) is 47.3 Å². The second kappa shape index (κ2) is 6.88. The van der Waals surface area contributed by atoms with E-state index in [1.807, 2.05) is 17.0 Å². The molecule has 1 aromatic heterocycles. The standard InChI is InChI=1S/C21H24N2O2S/c22-20(25)21(8-10-23(11-9-21)19(24)16-6-7-16)14-15-3-1-4-17(13-15)18-5-2-12-26-18/h1-5,12-13,16H,6-11,14H2,(H2,22,25). The van der Waals surface area contributed by atoms with Crippen molar-refractivity contribution in [2.45, 2.75) is 32.1 Å². The predicted octanol–water partition coefficient (Wildman–Crippen LogP) is 3.46. The van der Waals surface area contributed by atoms with Crippen LogP contribution in [0.1, 0.15) is 31.2 Å². The molecule has 136 valence electrons. The first-order valence-electron chi connectivity index (χ1n) is 9.29. The Bertz CT molecular complexity index is 803. The van der Waals surface area contributed by atoms with Crippen LogP contribution >= 0.6 is 11.3 Å². The van der Waals surface area contributed by atoms with Crippen LogP contribution in [0.2, 0.25) is 0 Å². The van der Waals surface area contributed by atoms with Crippen molar-refractivity contribution in [1.29, 1.82) is 0 Å². The van der Waals surface area contributed by atoms with Crippen molar-refractivity contribution in [1.82, 2.24) is 4.90 Å². The third-order valence-corrected chi connectivity index (χ3v) is 6.68. The summed E-state index contributed by atoms with van der Waals surface area (Å²) in [6.07, 6.45) is 4.00. The number of carbonyl (C=O) groups is 2. The SMILES string of the molecule is NC(=O)C1(Cc2cccc(-c3cccs3)c2)CCN(C(=O)C2CC2)CC1. The normalized spacial score (nSPS) is 19.3. The molecule has 4 rings (SSSR count). The zero-order valence-corrected chi connectivity index (χ0v) is 15.6. The summed E-state index contributed by atoms with van der Waals surface area (Å²) in [5, 5.41) is 2.07. The maximum absolute atomic E-state index is 12.3. The minimum Gasteiger partial charge on any atom is -0.369 e. The van der Waals surface area contributed by atoms with Crippen LogP contribution in [0, 0.1) is 11.3 Å². The van der Waals surface area contributed by atoms with Gasteiger partial charge in [-0.15, -0.1) is 11.3 Å². The van der Waals surface area contributed by atoms with Gasteiger partial charge >= 0.3 is 0 Å². The Labute approximate surface area is 158 Å². The number of hydrogen-bond acceptors (Lipinski definition) is 3. The van der Waals surface area contributed by atoms with Gasteiger partial charge in [-0.25, -0.2) is 0 Å². The van der Waals surface area contributed by atoms with E-state index in [9.17, 15) is 9.59 Å². The maximum atomic E-state index is 12.3. The predicted molar refractivity (Wildman–Crippen MR) is 104 cm³/mol. The molecule has 0 unspecified atom stereocenters. The number of hydrogen-bond donors (Lipinski definition) is 1. The van der Waals surface area contributed by atoms with Crippen molar-refractivity contribution in [3.63, 3.8) is 0 Å². The van der Waals surface area contributed by atoms with Gasteiger partial charge in [-0.3, -0.25) is 9.59 Å². The molecular formula is C21H24N2O2S. The molecule has 1 aromatic carbocycles. The summed E-state index contributed by atoms with van der Waals surface area (Å²) in [7, 11) is 0. The molecule has 0 bridgehead atoms. The fraction of sp³-hybridized carbons (Fsp3) is 0.429. The van der Waals surface area contributed by atoms with Crippen molar-refractivity contribution >= 4 is 23.2 Å². The van der Waals surface area contributed by atoms with Crippen molar-refractivity contribution in [3.8, 4) is 10.4 Å². The van der Waals surface area contributed by atoms with Crippen LogP contribution in [0.3, 0.4) is 0 Å². The van der Waals surface area contributed by atoms with E-state index in [1.54, 1.807) is 11.3 Å². The maximum Gasteiger partial charge on any atom is 0.225 e. The van der Waals surface area contributed by atoms with E-state index >= 15 is 0 Å². The zero-order valence-electron chi connectivity index (χ0n) is 14.8. The topological polar surface area (TPSA) is 63.4 Å². The first kappa shape index (κ1) is 17.3. The number of thiophene rings is 1.